The van der Waals surface area contributed by atoms with Gasteiger partial charge in [-0.25, -0.2) is 10.6 Å². The summed E-state index contributed by atoms with van der Waals surface area (Å²) in [4.78, 5) is 12.7. The van der Waals surface area contributed by atoms with E-state index in [1.54, 1.807) is 11.9 Å². The molecule has 0 atom stereocenters. The largest absolute Gasteiger partial charge is 0.331 e. The molecule has 0 fully saturated rings. The molecule has 1 aromatic rings. The van der Waals surface area contributed by atoms with E-state index in [4.69, 9.17) is 5.84 Å². The van der Waals surface area contributed by atoms with Crippen molar-refractivity contribution in [2.24, 2.45) is 5.84 Å². The highest BCUT2D eigenvalue weighted by Crippen LogP contribution is 2.11. The van der Waals surface area contributed by atoms with E-state index in [1.807, 2.05) is 0 Å². The molecule has 0 aromatic heterocycles. The monoisotopic (exact) mass is 221 g/mol. The Morgan fingerprint density at radius 2 is 2.12 bits per heavy atom. The zero-order chi connectivity index (χ0) is 12.1. The van der Waals surface area contributed by atoms with Gasteiger partial charge in [0.2, 0.25) is 0 Å². The van der Waals surface area contributed by atoms with Crippen LogP contribution >= 0.6 is 0 Å². The van der Waals surface area contributed by atoms with E-state index in [2.05, 4.69) is 37.5 Å². The van der Waals surface area contributed by atoms with Gasteiger partial charge in [-0.05, 0) is 31.4 Å². The molecule has 0 heterocycles. The number of amides is 2. The van der Waals surface area contributed by atoms with E-state index in [9.17, 15) is 4.79 Å². The van der Waals surface area contributed by atoms with E-state index >= 15 is 0 Å². The maximum atomic E-state index is 11.2. The summed E-state index contributed by atoms with van der Waals surface area (Å²) in [5.41, 5.74) is 5.89. The maximum Gasteiger partial charge on any atom is 0.331 e. The van der Waals surface area contributed by atoms with Gasteiger partial charge in [-0.3, -0.25) is 5.43 Å². The lowest BCUT2D eigenvalue weighted by molar-refractivity contribution is 0.209. The molecule has 0 saturated carbocycles. The molecule has 16 heavy (non-hydrogen) atoms. The molecule has 3 N–H and O–H groups in total. The summed E-state index contributed by atoms with van der Waals surface area (Å²) in [5.74, 6) is 5.05. The third-order valence-corrected chi connectivity index (χ3v) is 2.69. The van der Waals surface area contributed by atoms with Crippen molar-refractivity contribution in [1.82, 2.24) is 10.3 Å². The van der Waals surface area contributed by atoms with Gasteiger partial charge in [0.1, 0.15) is 0 Å². The predicted octanol–water partition coefficient (Wildman–Crippen LogP) is 1.36. The first-order valence-corrected chi connectivity index (χ1v) is 5.32. The van der Waals surface area contributed by atoms with Crippen molar-refractivity contribution in [2.45, 2.75) is 20.3 Å². The highest BCUT2D eigenvalue weighted by molar-refractivity contribution is 5.73. The second kappa shape index (κ2) is 5.51. The Balaban J connectivity index is 2.60. The number of likely N-dealkylation sites (N-methyl/N-ethyl adjacent to an activating group) is 1. The molecule has 0 saturated heterocycles. The van der Waals surface area contributed by atoms with Crippen LogP contribution in [0.2, 0.25) is 0 Å². The van der Waals surface area contributed by atoms with Gasteiger partial charge >= 0.3 is 6.03 Å². The molecule has 0 spiro atoms. The number of carbonyl (C=O) groups excluding carboxylic acids is 1. The number of aryl methyl sites for hydroxylation is 2. The summed E-state index contributed by atoms with van der Waals surface area (Å²) in [5, 5.41) is 0. The highest BCUT2D eigenvalue weighted by atomic mass is 16.2. The van der Waals surface area contributed by atoms with Crippen molar-refractivity contribution in [1.29, 1.82) is 0 Å². The SMILES string of the molecule is Cc1ccc(C)c(CCN(C)C(=O)NN)c1. The summed E-state index contributed by atoms with van der Waals surface area (Å²) >= 11 is 0. The minimum atomic E-state index is -0.259. The van der Waals surface area contributed by atoms with Crippen LogP contribution in [-0.2, 0) is 6.42 Å². The fourth-order valence-corrected chi connectivity index (χ4v) is 1.57. The van der Waals surface area contributed by atoms with Gasteiger partial charge in [0.05, 0.1) is 0 Å². The number of hydrogen-bond donors (Lipinski definition) is 2. The van der Waals surface area contributed by atoms with Crippen molar-refractivity contribution >= 4 is 6.03 Å². The van der Waals surface area contributed by atoms with Gasteiger partial charge in [0.15, 0.2) is 0 Å². The van der Waals surface area contributed by atoms with Crippen LogP contribution in [0.1, 0.15) is 16.7 Å². The summed E-state index contributed by atoms with van der Waals surface area (Å²) < 4.78 is 0. The zero-order valence-electron chi connectivity index (χ0n) is 10.1. The Bertz CT molecular complexity index is 377. The molecule has 4 nitrogen and oxygen atoms in total. The summed E-state index contributed by atoms with van der Waals surface area (Å²) in [6.45, 7) is 4.81. The molecule has 88 valence electrons. The summed E-state index contributed by atoms with van der Waals surface area (Å²) in [6.07, 6.45) is 0.845. The fraction of sp³-hybridized carbons (Fsp3) is 0.417. The van der Waals surface area contributed by atoms with E-state index in [0.717, 1.165) is 6.42 Å². The van der Waals surface area contributed by atoms with Crippen molar-refractivity contribution in [3.05, 3.63) is 34.9 Å². The Morgan fingerprint density at radius 3 is 2.75 bits per heavy atom. The fourth-order valence-electron chi connectivity index (χ4n) is 1.57. The number of nitrogens with one attached hydrogen (secondary N) is 1. The van der Waals surface area contributed by atoms with Gasteiger partial charge in [-0.1, -0.05) is 23.8 Å². The second-order valence-corrected chi connectivity index (χ2v) is 4.05. The molecule has 0 bridgehead atoms. The molecule has 1 aromatic carbocycles. The standard InChI is InChI=1S/C12H19N3O/c1-9-4-5-10(2)11(8-9)6-7-15(3)12(16)14-13/h4-5,8H,6-7,13H2,1-3H3,(H,14,16). The van der Waals surface area contributed by atoms with Crippen LogP contribution in [0.3, 0.4) is 0 Å². The first kappa shape index (κ1) is 12.5. The average Bonchev–Trinajstić information content (AvgIpc) is 2.28. The molecule has 2 amide bonds. The van der Waals surface area contributed by atoms with Crippen LogP contribution in [0, 0.1) is 13.8 Å². The van der Waals surface area contributed by atoms with Crippen LogP contribution in [0.15, 0.2) is 18.2 Å². The minimum Gasteiger partial charge on any atom is -0.326 e. The molecular weight excluding hydrogens is 202 g/mol. The van der Waals surface area contributed by atoms with Gasteiger partial charge < -0.3 is 4.90 Å². The van der Waals surface area contributed by atoms with E-state index in [1.165, 1.54) is 16.7 Å². The van der Waals surface area contributed by atoms with Crippen molar-refractivity contribution in [2.75, 3.05) is 13.6 Å². The number of nitrogens with zero attached hydrogens (tertiary/aromatic N) is 1. The number of carbonyl (C=O) groups is 1. The Kier molecular flexibility index (Phi) is 4.31. The van der Waals surface area contributed by atoms with Gasteiger partial charge in [-0.2, -0.15) is 0 Å². The van der Waals surface area contributed by atoms with Crippen LogP contribution in [0.4, 0.5) is 4.79 Å². The Hall–Kier alpha value is -1.55. The lowest BCUT2D eigenvalue weighted by atomic mass is 10.0. The van der Waals surface area contributed by atoms with Crippen LogP contribution in [-0.4, -0.2) is 24.5 Å². The lowest BCUT2D eigenvalue weighted by Crippen LogP contribution is -2.42. The highest BCUT2D eigenvalue weighted by Gasteiger charge is 2.06. The van der Waals surface area contributed by atoms with Crippen LogP contribution < -0.4 is 11.3 Å². The third-order valence-electron chi connectivity index (χ3n) is 2.69. The van der Waals surface area contributed by atoms with Crippen molar-refractivity contribution < 1.29 is 4.79 Å². The quantitative estimate of drug-likeness (QED) is 0.460. The van der Waals surface area contributed by atoms with Gasteiger partial charge in [-0.15, -0.1) is 0 Å². The lowest BCUT2D eigenvalue weighted by Gasteiger charge is -2.17. The molecular formula is C12H19N3O. The Morgan fingerprint density at radius 1 is 1.44 bits per heavy atom. The third kappa shape index (κ3) is 3.24. The summed E-state index contributed by atoms with van der Waals surface area (Å²) in [6, 6.07) is 6.09. The molecule has 0 radical (unpaired) electrons. The topological polar surface area (TPSA) is 58.4 Å². The number of nitrogens with two attached hydrogens (primary N) is 1. The number of hydrogen-bond acceptors (Lipinski definition) is 2. The number of hydrazine groups is 1. The zero-order valence-corrected chi connectivity index (χ0v) is 10.1. The van der Waals surface area contributed by atoms with E-state index in [-0.39, 0.29) is 6.03 Å². The van der Waals surface area contributed by atoms with E-state index < -0.39 is 0 Å². The molecule has 0 aliphatic heterocycles. The molecule has 0 aliphatic carbocycles. The molecule has 4 heteroatoms. The smallest absolute Gasteiger partial charge is 0.326 e. The second-order valence-electron chi connectivity index (χ2n) is 4.05. The van der Waals surface area contributed by atoms with Crippen molar-refractivity contribution in [3.8, 4) is 0 Å². The molecule has 0 unspecified atom stereocenters. The normalized spacial score (nSPS) is 10.0. The number of rotatable bonds is 3. The Labute approximate surface area is 96.4 Å². The molecule has 0 aliphatic rings. The average molecular weight is 221 g/mol. The van der Waals surface area contributed by atoms with Crippen molar-refractivity contribution in [3.63, 3.8) is 0 Å². The van der Waals surface area contributed by atoms with Gasteiger partial charge in [0, 0.05) is 13.6 Å². The maximum absolute atomic E-state index is 11.2. The van der Waals surface area contributed by atoms with Crippen LogP contribution in [0.5, 0.6) is 0 Å². The first-order valence-electron chi connectivity index (χ1n) is 5.32. The van der Waals surface area contributed by atoms with Crippen LogP contribution in [0.25, 0.3) is 0 Å². The van der Waals surface area contributed by atoms with E-state index in [0.29, 0.717) is 6.54 Å². The first-order chi connectivity index (χ1) is 7.54. The molecule has 1 rings (SSSR count). The number of urea groups is 1. The minimum absolute atomic E-state index is 0.259. The summed E-state index contributed by atoms with van der Waals surface area (Å²) in [7, 11) is 1.73. The van der Waals surface area contributed by atoms with Gasteiger partial charge in [0.25, 0.3) is 0 Å². The number of benzene rings is 1. The predicted molar refractivity (Wildman–Crippen MR) is 65.0 cm³/mol.